The molecule has 1 atom stereocenters. The maximum atomic E-state index is 13.0. The zero-order valence-corrected chi connectivity index (χ0v) is 15.4. The lowest BCUT2D eigenvalue weighted by molar-refractivity contribution is -0.116. The number of hydrogen-bond acceptors (Lipinski definition) is 6. The summed E-state index contributed by atoms with van der Waals surface area (Å²) in [4.78, 5) is 38.3. The molecule has 1 unspecified atom stereocenters. The fourth-order valence-corrected chi connectivity index (χ4v) is 3.43. The van der Waals surface area contributed by atoms with Crippen molar-refractivity contribution in [1.82, 2.24) is 14.3 Å². The number of nitrogens with zero attached hydrogens (tertiary/aromatic N) is 3. The normalized spacial score (nSPS) is 16.5. The molecule has 0 bridgehead atoms. The molecular weight excluding hydrogens is 364 g/mol. The highest BCUT2D eigenvalue weighted by Crippen LogP contribution is 2.14. The zero-order valence-electron chi connectivity index (χ0n) is 15.4. The molecular formula is C19H20N4O5. The number of para-hydroxylation sites is 1. The molecule has 3 heterocycles. The number of ether oxygens (including phenoxy) is 1. The standard InChI is InChI=1S/C19H20N4O5/c1-12-9-16(21-28-12)20-17(24)11-22-15-7-3-2-6-14(15)18(25)23(19(22)26)10-13-5-4-8-27-13/h2-3,6-7,9,13H,4-5,8,10-11H2,1H3,(H,20,21,24). The fraction of sp³-hybridized carbons (Fsp3) is 0.368. The monoisotopic (exact) mass is 384 g/mol. The summed E-state index contributed by atoms with van der Waals surface area (Å²) in [7, 11) is 0. The smallest absolute Gasteiger partial charge is 0.332 e. The van der Waals surface area contributed by atoms with E-state index in [0.29, 0.717) is 23.3 Å². The van der Waals surface area contributed by atoms with Crippen molar-refractivity contribution in [3.8, 4) is 0 Å². The lowest BCUT2D eigenvalue weighted by Gasteiger charge is -2.16. The molecule has 3 aromatic rings. The van der Waals surface area contributed by atoms with E-state index in [-0.39, 0.29) is 30.6 Å². The second kappa shape index (κ2) is 7.43. The van der Waals surface area contributed by atoms with Crippen LogP contribution in [-0.4, -0.2) is 32.9 Å². The van der Waals surface area contributed by atoms with Gasteiger partial charge in [-0.3, -0.25) is 18.7 Å². The minimum Gasteiger partial charge on any atom is -0.376 e. The maximum absolute atomic E-state index is 13.0. The van der Waals surface area contributed by atoms with E-state index in [2.05, 4.69) is 10.5 Å². The van der Waals surface area contributed by atoms with Crippen LogP contribution in [0.5, 0.6) is 0 Å². The molecule has 1 aliphatic rings. The highest BCUT2D eigenvalue weighted by molar-refractivity contribution is 5.90. The average molecular weight is 384 g/mol. The van der Waals surface area contributed by atoms with Crippen molar-refractivity contribution in [2.45, 2.75) is 39.0 Å². The third-order valence-corrected chi connectivity index (χ3v) is 4.74. The van der Waals surface area contributed by atoms with Crippen LogP contribution in [0.1, 0.15) is 18.6 Å². The fourth-order valence-electron chi connectivity index (χ4n) is 3.43. The van der Waals surface area contributed by atoms with Crippen molar-refractivity contribution < 1.29 is 14.1 Å². The molecule has 4 rings (SSSR count). The topological polar surface area (TPSA) is 108 Å². The third kappa shape index (κ3) is 3.48. The highest BCUT2D eigenvalue weighted by Gasteiger charge is 2.21. The lowest BCUT2D eigenvalue weighted by Crippen LogP contribution is -2.43. The lowest BCUT2D eigenvalue weighted by atomic mass is 10.2. The molecule has 1 saturated heterocycles. The molecule has 1 amide bonds. The van der Waals surface area contributed by atoms with E-state index < -0.39 is 11.6 Å². The molecule has 9 heteroatoms. The predicted octanol–water partition coefficient (Wildman–Crippen LogP) is 1.28. The summed E-state index contributed by atoms with van der Waals surface area (Å²) in [6.45, 7) is 2.26. The highest BCUT2D eigenvalue weighted by atomic mass is 16.5. The van der Waals surface area contributed by atoms with Gasteiger partial charge in [-0.25, -0.2) is 4.79 Å². The molecule has 28 heavy (non-hydrogen) atoms. The van der Waals surface area contributed by atoms with Crippen molar-refractivity contribution in [1.29, 1.82) is 0 Å². The van der Waals surface area contributed by atoms with Gasteiger partial charge in [-0.15, -0.1) is 0 Å². The van der Waals surface area contributed by atoms with Gasteiger partial charge >= 0.3 is 5.69 Å². The van der Waals surface area contributed by atoms with Crippen molar-refractivity contribution in [2.24, 2.45) is 0 Å². The first-order chi connectivity index (χ1) is 13.5. The van der Waals surface area contributed by atoms with Gasteiger partial charge in [0.2, 0.25) is 5.91 Å². The Labute approximate surface area is 159 Å². The number of aryl methyl sites for hydroxylation is 1. The summed E-state index contributed by atoms with van der Waals surface area (Å²) in [6, 6.07) is 8.34. The average Bonchev–Trinajstić information content (AvgIpc) is 3.34. The Kier molecular flexibility index (Phi) is 4.82. The summed E-state index contributed by atoms with van der Waals surface area (Å²) in [5.41, 5.74) is -0.502. The van der Waals surface area contributed by atoms with Crippen LogP contribution >= 0.6 is 0 Å². The number of amides is 1. The molecule has 1 aromatic carbocycles. The van der Waals surface area contributed by atoms with Crippen LogP contribution in [0.25, 0.3) is 10.9 Å². The summed E-state index contributed by atoms with van der Waals surface area (Å²) in [5, 5.41) is 6.69. The van der Waals surface area contributed by atoms with Gasteiger partial charge in [0.05, 0.1) is 23.6 Å². The summed E-state index contributed by atoms with van der Waals surface area (Å²) < 4.78 is 13.0. The summed E-state index contributed by atoms with van der Waals surface area (Å²) in [6.07, 6.45) is 1.53. The van der Waals surface area contributed by atoms with Crippen LogP contribution in [0, 0.1) is 6.92 Å². The molecule has 1 fully saturated rings. The molecule has 2 aromatic heterocycles. The van der Waals surface area contributed by atoms with Gasteiger partial charge in [-0.2, -0.15) is 0 Å². The molecule has 9 nitrogen and oxygen atoms in total. The summed E-state index contributed by atoms with van der Waals surface area (Å²) in [5.74, 6) is 0.387. The first-order valence-electron chi connectivity index (χ1n) is 9.10. The second-order valence-electron chi connectivity index (χ2n) is 6.81. The molecule has 0 radical (unpaired) electrons. The molecule has 1 N–H and O–H groups in total. The first kappa shape index (κ1) is 18.2. The Balaban J connectivity index is 1.72. The van der Waals surface area contributed by atoms with E-state index in [4.69, 9.17) is 9.26 Å². The number of aromatic nitrogens is 3. The third-order valence-electron chi connectivity index (χ3n) is 4.74. The van der Waals surface area contributed by atoms with Gasteiger partial charge < -0.3 is 14.6 Å². The number of nitrogens with one attached hydrogen (secondary N) is 1. The quantitative estimate of drug-likeness (QED) is 0.710. The van der Waals surface area contributed by atoms with Crippen molar-refractivity contribution in [3.05, 3.63) is 56.9 Å². The van der Waals surface area contributed by atoms with Crippen LogP contribution < -0.4 is 16.6 Å². The van der Waals surface area contributed by atoms with Crippen LogP contribution in [0.4, 0.5) is 5.82 Å². The Morgan fingerprint density at radius 2 is 2.11 bits per heavy atom. The summed E-state index contributed by atoms with van der Waals surface area (Å²) >= 11 is 0. The molecule has 1 aliphatic heterocycles. The van der Waals surface area contributed by atoms with Crippen LogP contribution in [-0.2, 0) is 22.6 Å². The van der Waals surface area contributed by atoms with E-state index in [9.17, 15) is 14.4 Å². The predicted molar refractivity (Wildman–Crippen MR) is 101 cm³/mol. The first-order valence-corrected chi connectivity index (χ1v) is 9.10. The molecule has 0 saturated carbocycles. The zero-order chi connectivity index (χ0) is 19.7. The van der Waals surface area contributed by atoms with Gasteiger partial charge in [0.25, 0.3) is 5.56 Å². The van der Waals surface area contributed by atoms with Gasteiger partial charge in [-0.05, 0) is 31.9 Å². The Morgan fingerprint density at radius 3 is 2.82 bits per heavy atom. The number of carbonyl (C=O) groups is 1. The molecule has 146 valence electrons. The van der Waals surface area contributed by atoms with Gasteiger partial charge in [0.15, 0.2) is 5.82 Å². The SMILES string of the molecule is Cc1cc(NC(=O)Cn2c(=O)n(CC3CCCO3)c(=O)c3ccccc32)no1. The van der Waals surface area contributed by atoms with Gasteiger partial charge in [0, 0.05) is 12.7 Å². The number of rotatable bonds is 5. The molecule has 0 spiro atoms. The number of benzene rings is 1. The number of carbonyl (C=O) groups excluding carboxylic acids is 1. The van der Waals surface area contributed by atoms with Crippen LogP contribution in [0.2, 0.25) is 0 Å². The minimum absolute atomic E-state index is 0.173. The second-order valence-corrected chi connectivity index (χ2v) is 6.81. The maximum Gasteiger partial charge on any atom is 0.332 e. The van der Waals surface area contributed by atoms with Crippen molar-refractivity contribution in [2.75, 3.05) is 11.9 Å². The van der Waals surface area contributed by atoms with Gasteiger partial charge in [-0.1, -0.05) is 17.3 Å². The van der Waals surface area contributed by atoms with Crippen LogP contribution in [0.15, 0.2) is 44.4 Å². The van der Waals surface area contributed by atoms with E-state index in [1.54, 1.807) is 37.3 Å². The Hall–Kier alpha value is -3.20. The van der Waals surface area contributed by atoms with E-state index in [1.807, 2.05) is 0 Å². The van der Waals surface area contributed by atoms with Crippen molar-refractivity contribution >= 4 is 22.6 Å². The number of anilines is 1. The van der Waals surface area contributed by atoms with Gasteiger partial charge in [0.1, 0.15) is 12.3 Å². The van der Waals surface area contributed by atoms with Crippen LogP contribution in [0.3, 0.4) is 0 Å². The minimum atomic E-state index is -0.536. The van der Waals surface area contributed by atoms with E-state index in [1.165, 1.54) is 4.57 Å². The van der Waals surface area contributed by atoms with E-state index in [0.717, 1.165) is 17.4 Å². The largest absolute Gasteiger partial charge is 0.376 e. The van der Waals surface area contributed by atoms with Crippen molar-refractivity contribution in [3.63, 3.8) is 0 Å². The Bertz CT molecular complexity index is 1140. The van der Waals surface area contributed by atoms with E-state index >= 15 is 0 Å². The number of hydrogen-bond donors (Lipinski definition) is 1. The number of fused-ring (bicyclic) bond motifs is 1. The molecule has 0 aliphatic carbocycles. The Morgan fingerprint density at radius 1 is 1.29 bits per heavy atom.